The Hall–Kier alpha value is -2.75. The largest absolute Gasteiger partial charge is 0.462 e. The third-order valence-corrected chi connectivity index (χ3v) is 5.86. The molecule has 1 amide bonds. The van der Waals surface area contributed by atoms with E-state index in [9.17, 15) is 14.9 Å². The lowest BCUT2D eigenvalue weighted by molar-refractivity contribution is -0.138. The summed E-state index contributed by atoms with van der Waals surface area (Å²) in [6, 6.07) is 16.6. The Morgan fingerprint density at radius 1 is 1.28 bits per heavy atom. The molecule has 0 bridgehead atoms. The number of thioether (sulfide) groups is 1. The standard InChI is InChI=1S/C22H19ClN2O3S/c1-3-28-22(27)18(13-24)21-25(17-9-7-14(2)8-10-17)20(26)19(29-21)12-15-5-4-6-16(23)11-15/h4-11,19H,3,12H2,1-2H3. The first kappa shape index (κ1) is 21.0. The Labute approximate surface area is 178 Å². The summed E-state index contributed by atoms with van der Waals surface area (Å²) in [4.78, 5) is 27.0. The van der Waals surface area contributed by atoms with Crippen molar-refractivity contribution in [1.29, 1.82) is 5.26 Å². The van der Waals surface area contributed by atoms with Gasteiger partial charge >= 0.3 is 5.97 Å². The van der Waals surface area contributed by atoms with Gasteiger partial charge in [-0.1, -0.05) is 53.2 Å². The Morgan fingerprint density at radius 3 is 2.62 bits per heavy atom. The Morgan fingerprint density at radius 2 is 2.00 bits per heavy atom. The number of nitrogens with zero attached hydrogens (tertiary/aromatic N) is 2. The molecule has 5 nitrogen and oxygen atoms in total. The van der Waals surface area contributed by atoms with Gasteiger partial charge in [0, 0.05) is 10.7 Å². The van der Waals surface area contributed by atoms with E-state index in [2.05, 4.69) is 0 Å². The van der Waals surface area contributed by atoms with Crippen LogP contribution in [0.4, 0.5) is 5.69 Å². The first-order valence-electron chi connectivity index (χ1n) is 9.07. The highest BCUT2D eigenvalue weighted by atomic mass is 35.5. The second kappa shape index (κ2) is 9.17. The van der Waals surface area contributed by atoms with E-state index in [1.54, 1.807) is 25.1 Å². The number of nitriles is 1. The molecule has 1 fully saturated rings. The predicted octanol–water partition coefficient (Wildman–Crippen LogP) is 4.64. The average molecular weight is 427 g/mol. The molecule has 7 heteroatoms. The van der Waals surface area contributed by atoms with Crippen LogP contribution in [0.2, 0.25) is 5.02 Å². The van der Waals surface area contributed by atoms with E-state index < -0.39 is 11.2 Å². The fraction of sp³-hybridized carbons (Fsp3) is 0.227. The average Bonchev–Trinajstić information content (AvgIpc) is 2.99. The minimum absolute atomic E-state index is 0.145. The molecular formula is C22H19ClN2O3S. The fourth-order valence-electron chi connectivity index (χ4n) is 2.98. The number of ether oxygens (including phenoxy) is 1. The van der Waals surface area contributed by atoms with Gasteiger partial charge in [-0.25, -0.2) is 4.79 Å². The van der Waals surface area contributed by atoms with Crippen LogP contribution in [0.1, 0.15) is 18.1 Å². The molecule has 0 saturated carbocycles. The molecule has 148 valence electrons. The lowest BCUT2D eigenvalue weighted by atomic mass is 10.1. The van der Waals surface area contributed by atoms with E-state index in [0.29, 0.717) is 22.2 Å². The van der Waals surface area contributed by atoms with Crippen LogP contribution in [-0.2, 0) is 20.7 Å². The highest BCUT2D eigenvalue weighted by Crippen LogP contribution is 2.42. The van der Waals surface area contributed by atoms with Gasteiger partial charge < -0.3 is 4.74 Å². The van der Waals surface area contributed by atoms with E-state index in [0.717, 1.165) is 11.1 Å². The molecule has 1 aliphatic rings. The third-order valence-electron chi connectivity index (χ3n) is 4.36. The Kier molecular flexibility index (Phi) is 6.63. The molecule has 0 radical (unpaired) electrons. The van der Waals surface area contributed by atoms with Crippen molar-refractivity contribution in [3.05, 3.63) is 75.3 Å². The summed E-state index contributed by atoms with van der Waals surface area (Å²) in [5, 5.41) is 10.0. The van der Waals surface area contributed by atoms with E-state index in [-0.39, 0.29) is 18.1 Å². The van der Waals surface area contributed by atoms with Crippen molar-refractivity contribution in [2.24, 2.45) is 0 Å². The second-order valence-corrected chi connectivity index (χ2v) is 8.09. The SMILES string of the molecule is CCOC(=O)C(C#N)=C1SC(Cc2cccc(Cl)c2)C(=O)N1c1ccc(C)cc1. The molecule has 1 saturated heterocycles. The summed E-state index contributed by atoms with van der Waals surface area (Å²) in [7, 11) is 0. The number of carbonyl (C=O) groups excluding carboxylic acids is 2. The van der Waals surface area contributed by atoms with Crippen LogP contribution in [0.15, 0.2) is 59.1 Å². The number of rotatable bonds is 5. The third kappa shape index (κ3) is 4.64. The van der Waals surface area contributed by atoms with Crippen molar-refractivity contribution < 1.29 is 14.3 Å². The van der Waals surface area contributed by atoms with Gasteiger partial charge in [-0.05, 0) is 50.1 Å². The van der Waals surface area contributed by atoms with Crippen LogP contribution in [0.5, 0.6) is 0 Å². The summed E-state index contributed by atoms with van der Waals surface area (Å²) < 4.78 is 5.03. The van der Waals surface area contributed by atoms with Crippen LogP contribution in [0.25, 0.3) is 0 Å². The molecule has 0 aliphatic carbocycles. The number of hydrogen-bond donors (Lipinski definition) is 0. The summed E-state index contributed by atoms with van der Waals surface area (Å²) in [5.41, 5.74) is 2.39. The van der Waals surface area contributed by atoms with Gasteiger partial charge in [-0.15, -0.1) is 0 Å². The zero-order valence-electron chi connectivity index (χ0n) is 16.0. The molecule has 1 aliphatic heterocycles. The molecule has 1 heterocycles. The number of hydrogen-bond acceptors (Lipinski definition) is 5. The zero-order valence-corrected chi connectivity index (χ0v) is 17.6. The van der Waals surface area contributed by atoms with Gasteiger partial charge in [0.15, 0.2) is 5.57 Å². The van der Waals surface area contributed by atoms with Crippen molar-refractivity contribution in [3.63, 3.8) is 0 Å². The number of anilines is 1. The maximum atomic E-state index is 13.3. The van der Waals surface area contributed by atoms with Crippen molar-refractivity contribution in [2.75, 3.05) is 11.5 Å². The molecule has 1 unspecified atom stereocenters. The molecule has 2 aromatic rings. The zero-order chi connectivity index (χ0) is 21.0. The first-order valence-corrected chi connectivity index (χ1v) is 10.3. The first-order chi connectivity index (χ1) is 13.9. The van der Waals surface area contributed by atoms with Crippen molar-refractivity contribution in [3.8, 4) is 6.07 Å². The van der Waals surface area contributed by atoms with Gasteiger partial charge in [0.1, 0.15) is 11.1 Å². The van der Waals surface area contributed by atoms with E-state index in [1.807, 2.05) is 43.3 Å². The molecule has 0 N–H and O–H groups in total. The molecule has 29 heavy (non-hydrogen) atoms. The van der Waals surface area contributed by atoms with Crippen LogP contribution in [-0.4, -0.2) is 23.7 Å². The van der Waals surface area contributed by atoms with Gasteiger partial charge in [0.05, 0.1) is 11.9 Å². The second-order valence-electron chi connectivity index (χ2n) is 6.46. The number of esters is 1. The molecule has 0 spiro atoms. The maximum absolute atomic E-state index is 13.3. The minimum atomic E-state index is -0.731. The van der Waals surface area contributed by atoms with Crippen LogP contribution in [0, 0.1) is 18.3 Å². The lowest BCUT2D eigenvalue weighted by Crippen LogP contribution is -2.30. The fourth-order valence-corrected chi connectivity index (χ4v) is 4.49. The van der Waals surface area contributed by atoms with Gasteiger partial charge in [0.2, 0.25) is 5.91 Å². The predicted molar refractivity (Wildman–Crippen MR) is 114 cm³/mol. The Bertz CT molecular complexity index is 1010. The molecule has 2 aromatic carbocycles. The highest BCUT2D eigenvalue weighted by molar-refractivity contribution is 8.05. The van der Waals surface area contributed by atoms with E-state index >= 15 is 0 Å². The minimum Gasteiger partial charge on any atom is -0.462 e. The lowest BCUT2D eigenvalue weighted by Gasteiger charge is -2.18. The maximum Gasteiger partial charge on any atom is 0.351 e. The van der Waals surface area contributed by atoms with Crippen LogP contribution in [0.3, 0.4) is 0 Å². The number of halogens is 1. The molecular weight excluding hydrogens is 408 g/mol. The van der Waals surface area contributed by atoms with Gasteiger partial charge in [-0.3, -0.25) is 9.69 Å². The van der Waals surface area contributed by atoms with Crippen molar-refractivity contribution in [2.45, 2.75) is 25.5 Å². The number of benzene rings is 2. The molecule has 0 aromatic heterocycles. The Balaban J connectivity index is 2.03. The molecule has 1 atom stereocenters. The summed E-state index contributed by atoms with van der Waals surface area (Å²) in [6.45, 7) is 3.76. The normalized spacial score (nSPS) is 17.8. The van der Waals surface area contributed by atoms with Crippen molar-refractivity contribution >= 4 is 40.9 Å². The topological polar surface area (TPSA) is 70.4 Å². The number of amides is 1. The van der Waals surface area contributed by atoms with Crippen molar-refractivity contribution in [1.82, 2.24) is 0 Å². The van der Waals surface area contributed by atoms with Crippen LogP contribution < -0.4 is 4.90 Å². The monoisotopic (exact) mass is 426 g/mol. The van der Waals surface area contributed by atoms with Gasteiger partial charge in [-0.2, -0.15) is 5.26 Å². The summed E-state index contributed by atoms with van der Waals surface area (Å²) >= 11 is 7.27. The highest BCUT2D eigenvalue weighted by Gasteiger charge is 2.41. The number of carbonyl (C=O) groups is 2. The van der Waals surface area contributed by atoms with Crippen LogP contribution >= 0.6 is 23.4 Å². The number of aryl methyl sites for hydroxylation is 1. The molecule has 3 rings (SSSR count). The summed E-state index contributed by atoms with van der Waals surface area (Å²) in [5.74, 6) is -0.920. The quantitative estimate of drug-likeness (QED) is 0.395. The van der Waals surface area contributed by atoms with Gasteiger partial charge in [0.25, 0.3) is 0 Å². The smallest absolute Gasteiger partial charge is 0.351 e. The van der Waals surface area contributed by atoms with E-state index in [1.165, 1.54) is 16.7 Å². The summed E-state index contributed by atoms with van der Waals surface area (Å²) in [6.07, 6.45) is 0.428. The van der Waals surface area contributed by atoms with E-state index in [4.69, 9.17) is 16.3 Å².